The molecule has 0 atom stereocenters. The first-order valence-corrected chi connectivity index (χ1v) is 22.1. The van der Waals surface area contributed by atoms with E-state index in [2.05, 4.69) is 228 Å². The lowest BCUT2D eigenvalue weighted by atomic mass is 9.96. The van der Waals surface area contributed by atoms with Crippen LogP contribution in [-0.4, -0.2) is 14.5 Å². The number of hydrogen-bond donors (Lipinski definition) is 0. The predicted octanol–water partition coefficient (Wildman–Crippen LogP) is 16.0. The number of nitrogens with zero attached hydrogens (tertiary/aromatic N) is 4. The van der Waals surface area contributed by atoms with Crippen LogP contribution in [0.1, 0.15) is 0 Å². The second kappa shape index (κ2) is 14.3. The maximum atomic E-state index is 5.38. The lowest BCUT2D eigenvalue weighted by Crippen LogP contribution is -2.14. The molecule has 4 nitrogen and oxygen atoms in total. The quantitative estimate of drug-likeness (QED) is 0.173. The Morgan fingerprint density at radius 2 is 1.05 bits per heavy atom. The Labute approximate surface area is 368 Å². The van der Waals surface area contributed by atoms with Crippen molar-refractivity contribution in [1.82, 2.24) is 14.5 Å². The molecule has 63 heavy (non-hydrogen) atoms. The minimum absolute atomic E-state index is 0.697. The van der Waals surface area contributed by atoms with Gasteiger partial charge in [-0.05, 0) is 99.4 Å². The van der Waals surface area contributed by atoms with Crippen molar-refractivity contribution in [2.75, 3.05) is 4.90 Å². The number of hydrogen-bond acceptors (Lipinski definition) is 4. The second-order valence-corrected chi connectivity index (χ2v) is 17.2. The lowest BCUT2D eigenvalue weighted by Gasteiger charge is -2.33. The highest BCUT2D eigenvalue weighted by atomic mass is 32.2. The van der Waals surface area contributed by atoms with Gasteiger partial charge in [0.15, 0.2) is 5.82 Å². The predicted molar refractivity (Wildman–Crippen MR) is 264 cm³/mol. The van der Waals surface area contributed by atoms with E-state index < -0.39 is 0 Å². The molecular formula is C58H36N4S. The summed E-state index contributed by atoms with van der Waals surface area (Å²) in [6.07, 6.45) is 0. The zero-order valence-electron chi connectivity index (χ0n) is 34.0. The van der Waals surface area contributed by atoms with Crippen LogP contribution in [0.2, 0.25) is 0 Å². The van der Waals surface area contributed by atoms with Crippen LogP contribution in [-0.2, 0) is 0 Å². The summed E-state index contributed by atoms with van der Waals surface area (Å²) in [5.74, 6) is 0.697. The Kier molecular flexibility index (Phi) is 8.11. The summed E-state index contributed by atoms with van der Waals surface area (Å²) in [5.41, 5.74) is 13.2. The van der Waals surface area contributed by atoms with Crippen molar-refractivity contribution in [1.29, 1.82) is 0 Å². The fourth-order valence-corrected chi connectivity index (χ4v) is 10.9. The Bertz CT molecular complexity index is 3790. The summed E-state index contributed by atoms with van der Waals surface area (Å²) in [5, 5.41) is 8.32. The van der Waals surface area contributed by atoms with Crippen molar-refractivity contribution in [3.8, 4) is 39.5 Å². The highest BCUT2D eigenvalue weighted by Gasteiger charge is 2.26. The van der Waals surface area contributed by atoms with Gasteiger partial charge in [0.1, 0.15) is 0 Å². The standard InChI is InChI=1S/C58H36N4S/c1-2-19-41(20-3-1)61-49-28-10-11-30-53(49)63-54-36-39(32-33-50(54)61)45-25-14-29-51-56(45)55-44-23-7-5-16-38(44)31-34-52(55)62(51)42-21-12-18-40(35-42)58-59-48-27-9-8-24-47(48)57(60-58)46-26-13-17-37-15-4-6-22-43(37)46/h1-36H. The van der Waals surface area contributed by atoms with E-state index >= 15 is 0 Å². The monoisotopic (exact) mass is 820 g/mol. The second-order valence-electron chi connectivity index (χ2n) is 16.1. The Hall–Kier alpha value is -7.99. The zero-order chi connectivity index (χ0) is 41.4. The molecular weight excluding hydrogens is 785 g/mol. The highest BCUT2D eigenvalue weighted by Crippen LogP contribution is 2.53. The number of para-hydroxylation sites is 3. The highest BCUT2D eigenvalue weighted by molar-refractivity contribution is 7.99. The van der Waals surface area contributed by atoms with Crippen LogP contribution in [0.4, 0.5) is 17.1 Å². The van der Waals surface area contributed by atoms with Gasteiger partial charge in [0.05, 0.1) is 33.6 Å². The Morgan fingerprint density at radius 3 is 1.95 bits per heavy atom. The summed E-state index contributed by atoms with van der Waals surface area (Å²) in [6.45, 7) is 0. The first-order chi connectivity index (χ1) is 31.2. The lowest BCUT2D eigenvalue weighted by molar-refractivity contribution is 1.17. The molecule has 1 aliphatic heterocycles. The van der Waals surface area contributed by atoms with Crippen molar-refractivity contribution in [2.24, 2.45) is 0 Å². The SMILES string of the molecule is c1ccc(N2c3ccccc3Sc3cc(-c4cccc5c4c4c6ccccc6ccc4n5-c4cccc(-c5nc(-c6cccc7ccccc67)c6ccccc6n5)c4)ccc32)cc1. The van der Waals surface area contributed by atoms with Gasteiger partial charge in [-0.3, -0.25) is 0 Å². The van der Waals surface area contributed by atoms with E-state index in [4.69, 9.17) is 9.97 Å². The molecule has 1 aliphatic rings. The Balaban J connectivity index is 1.01. The first kappa shape index (κ1) is 35.7. The summed E-state index contributed by atoms with van der Waals surface area (Å²) in [6, 6.07) is 78.6. The molecule has 13 rings (SSSR count). The molecule has 12 aromatic rings. The molecule has 0 radical (unpaired) electrons. The molecule has 0 saturated carbocycles. The van der Waals surface area contributed by atoms with E-state index in [1.165, 1.54) is 64.6 Å². The Morgan fingerprint density at radius 1 is 0.381 bits per heavy atom. The number of benzene rings is 10. The van der Waals surface area contributed by atoms with Gasteiger partial charge in [-0.25, -0.2) is 9.97 Å². The smallest absolute Gasteiger partial charge is 0.160 e. The summed E-state index contributed by atoms with van der Waals surface area (Å²) >= 11 is 1.84. The average Bonchev–Trinajstić information content (AvgIpc) is 3.70. The molecule has 0 unspecified atom stereocenters. The van der Waals surface area contributed by atoms with Crippen LogP contribution in [0.3, 0.4) is 0 Å². The van der Waals surface area contributed by atoms with Crippen LogP contribution < -0.4 is 4.90 Å². The minimum Gasteiger partial charge on any atom is -0.309 e. The third kappa shape index (κ3) is 5.71. The summed E-state index contributed by atoms with van der Waals surface area (Å²) < 4.78 is 2.43. The van der Waals surface area contributed by atoms with Gasteiger partial charge in [0, 0.05) is 48.5 Å². The molecule has 2 aromatic heterocycles. The number of rotatable bonds is 5. The maximum Gasteiger partial charge on any atom is 0.160 e. The van der Waals surface area contributed by atoms with Crippen LogP contribution in [0.25, 0.3) is 93.7 Å². The fourth-order valence-electron chi connectivity index (χ4n) is 9.75. The van der Waals surface area contributed by atoms with Gasteiger partial charge in [0.2, 0.25) is 0 Å². The van der Waals surface area contributed by atoms with Crippen LogP contribution in [0, 0.1) is 0 Å². The van der Waals surface area contributed by atoms with E-state index in [0.29, 0.717) is 5.82 Å². The first-order valence-electron chi connectivity index (χ1n) is 21.3. The normalized spacial score (nSPS) is 12.3. The molecule has 0 fully saturated rings. The van der Waals surface area contributed by atoms with E-state index in [9.17, 15) is 0 Å². The van der Waals surface area contributed by atoms with E-state index in [1.807, 2.05) is 11.8 Å². The van der Waals surface area contributed by atoms with E-state index in [-0.39, 0.29) is 0 Å². The van der Waals surface area contributed by atoms with Crippen LogP contribution >= 0.6 is 11.8 Å². The van der Waals surface area contributed by atoms with Crippen molar-refractivity contribution >= 4 is 83.1 Å². The van der Waals surface area contributed by atoms with Crippen LogP contribution in [0.15, 0.2) is 228 Å². The molecule has 0 N–H and O–H groups in total. The maximum absolute atomic E-state index is 5.38. The number of fused-ring (bicyclic) bond motifs is 9. The number of anilines is 3. The molecule has 5 heteroatoms. The van der Waals surface area contributed by atoms with Crippen molar-refractivity contribution in [3.63, 3.8) is 0 Å². The van der Waals surface area contributed by atoms with Gasteiger partial charge in [-0.2, -0.15) is 0 Å². The van der Waals surface area contributed by atoms with E-state index in [1.54, 1.807) is 0 Å². The topological polar surface area (TPSA) is 34.0 Å². The van der Waals surface area contributed by atoms with Crippen LogP contribution in [0.5, 0.6) is 0 Å². The number of aromatic nitrogens is 3. The van der Waals surface area contributed by atoms with Gasteiger partial charge in [0.25, 0.3) is 0 Å². The van der Waals surface area contributed by atoms with E-state index in [0.717, 1.165) is 50.1 Å². The van der Waals surface area contributed by atoms with Gasteiger partial charge in [-0.15, -0.1) is 0 Å². The molecule has 10 aromatic carbocycles. The average molecular weight is 821 g/mol. The van der Waals surface area contributed by atoms with Crippen molar-refractivity contribution < 1.29 is 0 Å². The summed E-state index contributed by atoms with van der Waals surface area (Å²) in [7, 11) is 0. The van der Waals surface area contributed by atoms with Gasteiger partial charge < -0.3 is 9.47 Å². The largest absolute Gasteiger partial charge is 0.309 e. The summed E-state index contributed by atoms with van der Waals surface area (Å²) in [4.78, 5) is 15.4. The zero-order valence-corrected chi connectivity index (χ0v) is 34.8. The molecule has 3 heterocycles. The molecule has 0 saturated heterocycles. The van der Waals surface area contributed by atoms with Gasteiger partial charge in [-0.1, -0.05) is 163 Å². The van der Waals surface area contributed by atoms with Crippen molar-refractivity contribution in [3.05, 3.63) is 218 Å². The molecule has 0 aliphatic carbocycles. The molecule has 294 valence electrons. The minimum atomic E-state index is 0.697. The van der Waals surface area contributed by atoms with Crippen molar-refractivity contribution in [2.45, 2.75) is 9.79 Å². The molecule has 0 spiro atoms. The molecule has 0 bridgehead atoms. The molecule has 0 amide bonds. The third-order valence-electron chi connectivity index (χ3n) is 12.5. The fraction of sp³-hybridized carbons (Fsp3) is 0. The van der Waals surface area contributed by atoms with Gasteiger partial charge >= 0.3 is 0 Å². The third-order valence-corrected chi connectivity index (χ3v) is 13.7.